The predicted molar refractivity (Wildman–Crippen MR) is 44.3 cm³/mol. The first-order chi connectivity index (χ1) is 4.68. The highest BCUT2D eigenvalue weighted by Gasteiger charge is 2.08. The Hall–Kier alpha value is -0.0500. The lowest BCUT2D eigenvalue weighted by Crippen LogP contribution is -2.14. The second-order valence-corrected chi connectivity index (χ2v) is 3.51. The Morgan fingerprint density at radius 3 is 2.70 bits per heavy atom. The molecule has 0 amide bonds. The Morgan fingerprint density at radius 1 is 1.70 bits per heavy atom. The van der Waals surface area contributed by atoms with Crippen molar-refractivity contribution in [3.8, 4) is 0 Å². The molecule has 0 fully saturated rings. The average molecular weight is 209 g/mol. The number of halogens is 1. The standard InChI is InChI=1S/C7H13BrO2/c1-3-4-5-10-7(9)6(2)8/h6H,3-5H2,1-2H3/t6-/m0/s1. The highest BCUT2D eigenvalue weighted by Crippen LogP contribution is 2.00. The Bertz CT molecular complexity index is 102. The number of hydrogen-bond acceptors (Lipinski definition) is 2. The molecule has 1 atom stereocenters. The number of hydrogen-bond donors (Lipinski definition) is 0. The number of alkyl halides is 1. The van der Waals surface area contributed by atoms with E-state index in [2.05, 4.69) is 22.9 Å². The number of esters is 1. The zero-order valence-corrected chi connectivity index (χ0v) is 7.98. The first-order valence-electron chi connectivity index (χ1n) is 3.49. The summed E-state index contributed by atoms with van der Waals surface area (Å²) in [5.74, 6) is -0.173. The van der Waals surface area contributed by atoms with Gasteiger partial charge in [0.1, 0.15) is 4.83 Å². The van der Waals surface area contributed by atoms with Gasteiger partial charge in [-0.15, -0.1) is 0 Å². The normalized spacial score (nSPS) is 12.7. The molecular formula is C7H13BrO2. The van der Waals surface area contributed by atoms with Crippen LogP contribution in [0.5, 0.6) is 0 Å². The summed E-state index contributed by atoms with van der Waals surface area (Å²) in [5, 5.41) is 0. The molecule has 0 spiro atoms. The molecule has 3 heteroatoms. The summed E-state index contributed by atoms with van der Waals surface area (Å²) in [6.07, 6.45) is 2.01. The quantitative estimate of drug-likeness (QED) is 0.402. The monoisotopic (exact) mass is 208 g/mol. The van der Waals surface area contributed by atoms with Gasteiger partial charge in [0.25, 0.3) is 0 Å². The maximum atomic E-state index is 10.7. The number of unbranched alkanes of at least 4 members (excludes halogenated alkanes) is 1. The minimum absolute atomic E-state index is 0.173. The lowest BCUT2D eigenvalue weighted by Gasteiger charge is -2.03. The summed E-state index contributed by atoms with van der Waals surface area (Å²) < 4.78 is 4.86. The van der Waals surface area contributed by atoms with Gasteiger partial charge in [-0.2, -0.15) is 0 Å². The second-order valence-electron chi connectivity index (χ2n) is 2.14. The SMILES string of the molecule is CCCCOC(=O)[C@H](C)Br. The van der Waals surface area contributed by atoms with E-state index in [0.717, 1.165) is 12.8 Å². The summed E-state index contributed by atoms with van der Waals surface area (Å²) in [4.78, 5) is 10.6. The average Bonchev–Trinajstić information content (AvgIpc) is 1.88. The van der Waals surface area contributed by atoms with Gasteiger partial charge in [-0.1, -0.05) is 29.3 Å². The van der Waals surface area contributed by atoms with E-state index in [1.807, 2.05) is 0 Å². The zero-order chi connectivity index (χ0) is 7.98. The molecule has 0 saturated carbocycles. The lowest BCUT2D eigenvalue weighted by atomic mass is 10.4. The van der Waals surface area contributed by atoms with E-state index in [1.54, 1.807) is 6.92 Å². The smallest absolute Gasteiger partial charge is 0.319 e. The molecule has 0 N–H and O–H groups in total. The van der Waals surface area contributed by atoms with Gasteiger partial charge < -0.3 is 4.74 Å². The van der Waals surface area contributed by atoms with E-state index in [1.165, 1.54) is 0 Å². The van der Waals surface area contributed by atoms with Crippen LogP contribution in [-0.4, -0.2) is 17.4 Å². The summed E-state index contributed by atoms with van der Waals surface area (Å²) in [6, 6.07) is 0. The van der Waals surface area contributed by atoms with E-state index >= 15 is 0 Å². The Labute approximate surface area is 70.1 Å². The Kier molecular flexibility index (Phi) is 5.69. The second kappa shape index (κ2) is 5.71. The van der Waals surface area contributed by atoms with Crippen LogP contribution in [-0.2, 0) is 9.53 Å². The Balaban J connectivity index is 3.22. The van der Waals surface area contributed by atoms with E-state index < -0.39 is 0 Å². The van der Waals surface area contributed by atoms with Crippen LogP contribution in [0.2, 0.25) is 0 Å². The third kappa shape index (κ3) is 4.79. The van der Waals surface area contributed by atoms with Crippen LogP contribution in [0.15, 0.2) is 0 Å². The van der Waals surface area contributed by atoms with Gasteiger partial charge >= 0.3 is 5.97 Å². The van der Waals surface area contributed by atoms with Crippen LogP contribution in [0.4, 0.5) is 0 Å². The van der Waals surface area contributed by atoms with Crippen LogP contribution >= 0.6 is 15.9 Å². The van der Waals surface area contributed by atoms with E-state index in [4.69, 9.17) is 4.74 Å². The molecule has 0 bridgehead atoms. The molecule has 0 aliphatic rings. The van der Waals surface area contributed by atoms with Gasteiger partial charge in [0, 0.05) is 0 Å². The minimum atomic E-state index is -0.177. The third-order valence-electron chi connectivity index (χ3n) is 1.07. The van der Waals surface area contributed by atoms with Gasteiger partial charge in [-0.3, -0.25) is 4.79 Å². The minimum Gasteiger partial charge on any atom is -0.465 e. The van der Waals surface area contributed by atoms with Crippen molar-refractivity contribution in [2.45, 2.75) is 31.5 Å². The van der Waals surface area contributed by atoms with Gasteiger partial charge in [0.15, 0.2) is 0 Å². The van der Waals surface area contributed by atoms with Crippen molar-refractivity contribution in [1.29, 1.82) is 0 Å². The highest BCUT2D eigenvalue weighted by atomic mass is 79.9. The highest BCUT2D eigenvalue weighted by molar-refractivity contribution is 9.10. The topological polar surface area (TPSA) is 26.3 Å². The van der Waals surface area contributed by atoms with Crippen molar-refractivity contribution in [2.75, 3.05) is 6.61 Å². The lowest BCUT2D eigenvalue weighted by molar-refractivity contribution is -0.142. The van der Waals surface area contributed by atoms with Gasteiger partial charge in [0.05, 0.1) is 6.61 Å². The number of carbonyl (C=O) groups excluding carboxylic acids is 1. The van der Waals surface area contributed by atoms with Crippen LogP contribution in [0.25, 0.3) is 0 Å². The fourth-order valence-corrected chi connectivity index (χ4v) is 0.564. The molecule has 2 nitrogen and oxygen atoms in total. The zero-order valence-electron chi connectivity index (χ0n) is 6.39. The molecule has 0 rings (SSSR count). The molecule has 0 aromatic rings. The Morgan fingerprint density at radius 2 is 2.30 bits per heavy atom. The predicted octanol–water partition coefficient (Wildman–Crippen LogP) is 2.11. The van der Waals surface area contributed by atoms with Crippen molar-refractivity contribution in [1.82, 2.24) is 0 Å². The molecule has 0 heterocycles. The molecule has 10 heavy (non-hydrogen) atoms. The van der Waals surface area contributed by atoms with Crippen LogP contribution in [0, 0.1) is 0 Å². The van der Waals surface area contributed by atoms with Crippen LogP contribution in [0.3, 0.4) is 0 Å². The van der Waals surface area contributed by atoms with Crippen LogP contribution in [0.1, 0.15) is 26.7 Å². The van der Waals surface area contributed by atoms with Gasteiger partial charge in [0.2, 0.25) is 0 Å². The molecule has 0 saturated heterocycles. The van der Waals surface area contributed by atoms with Crippen molar-refractivity contribution in [3.05, 3.63) is 0 Å². The van der Waals surface area contributed by atoms with Crippen LogP contribution < -0.4 is 0 Å². The molecule has 0 aromatic heterocycles. The largest absolute Gasteiger partial charge is 0.465 e. The molecule has 0 radical (unpaired) electrons. The first-order valence-corrected chi connectivity index (χ1v) is 4.40. The third-order valence-corrected chi connectivity index (χ3v) is 1.44. The molecule has 0 aromatic carbocycles. The molecule has 60 valence electrons. The number of rotatable bonds is 4. The number of carbonyl (C=O) groups is 1. The van der Waals surface area contributed by atoms with Crippen molar-refractivity contribution in [3.63, 3.8) is 0 Å². The maximum absolute atomic E-state index is 10.7. The molecule has 0 aliphatic heterocycles. The number of ether oxygens (including phenoxy) is 1. The molecule has 0 aliphatic carbocycles. The summed E-state index contributed by atoms with van der Waals surface area (Å²) >= 11 is 3.12. The fraction of sp³-hybridized carbons (Fsp3) is 0.857. The first kappa shape index (κ1) is 9.95. The summed E-state index contributed by atoms with van der Waals surface area (Å²) in [7, 11) is 0. The summed E-state index contributed by atoms with van der Waals surface area (Å²) in [6.45, 7) is 4.37. The fourth-order valence-electron chi connectivity index (χ4n) is 0.432. The van der Waals surface area contributed by atoms with E-state index in [0.29, 0.717) is 6.61 Å². The van der Waals surface area contributed by atoms with E-state index in [9.17, 15) is 4.79 Å². The summed E-state index contributed by atoms with van der Waals surface area (Å²) in [5.41, 5.74) is 0. The van der Waals surface area contributed by atoms with Gasteiger partial charge in [-0.25, -0.2) is 0 Å². The maximum Gasteiger partial charge on any atom is 0.319 e. The van der Waals surface area contributed by atoms with Crippen molar-refractivity contribution < 1.29 is 9.53 Å². The van der Waals surface area contributed by atoms with Crippen molar-refractivity contribution in [2.24, 2.45) is 0 Å². The molecular weight excluding hydrogens is 196 g/mol. The van der Waals surface area contributed by atoms with E-state index in [-0.39, 0.29) is 10.8 Å². The van der Waals surface area contributed by atoms with Gasteiger partial charge in [-0.05, 0) is 13.3 Å². The molecule has 0 unspecified atom stereocenters. The van der Waals surface area contributed by atoms with Crippen molar-refractivity contribution >= 4 is 21.9 Å².